The van der Waals surface area contributed by atoms with Crippen molar-refractivity contribution < 1.29 is 9.90 Å². The van der Waals surface area contributed by atoms with E-state index in [1.807, 2.05) is 18.2 Å². The lowest BCUT2D eigenvalue weighted by atomic mass is 9.72. The van der Waals surface area contributed by atoms with Crippen LogP contribution in [-0.2, 0) is 4.79 Å². The van der Waals surface area contributed by atoms with E-state index in [-0.39, 0.29) is 17.2 Å². The number of phenolic OH excluding ortho intramolecular Hbond substituents is 1. The van der Waals surface area contributed by atoms with Crippen molar-refractivity contribution in [2.24, 2.45) is 5.41 Å². The van der Waals surface area contributed by atoms with Gasteiger partial charge in [-0.3, -0.25) is 4.79 Å². The number of aromatic hydroxyl groups is 1. The van der Waals surface area contributed by atoms with Gasteiger partial charge in [0, 0.05) is 12.5 Å². The second kappa shape index (κ2) is 3.76. The Hall–Kier alpha value is -1.51. The van der Waals surface area contributed by atoms with Crippen LogP contribution < -0.4 is 5.32 Å². The molecule has 2 aliphatic rings. The second-order valence-corrected chi connectivity index (χ2v) is 5.18. The van der Waals surface area contributed by atoms with Crippen molar-refractivity contribution in [2.45, 2.75) is 31.6 Å². The standard InChI is InChI=1S/C14H17NO2/c16-12-6-2-1-5-10(12)11-9-15-13(17)14(11)7-3-4-8-14/h1-2,5-6,11,16H,3-4,7-9H2,(H,15,17). The summed E-state index contributed by atoms with van der Waals surface area (Å²) in [5.41, 5.74) is 0.673. The van der Waals surface area contributed by atoms with Gasteiger partial charge in [0.25, 0.3) is 0 Å². The molecule has 1 atom stereocenters. The summed E-state index contributed by atoms with van der Waals surface area (Å²) in [5, 5.41) is 12.9. The first-order valence-electron chi connectivity index (χ1n) is 6.30. The summed E-state index contributed by atoms with van der Waals surface area (Å²) >= 11 is 0. The van der Waals surface area contributed by atoms with Crippen LogP contribution in [0.4, 0.5) is 0 Å². The molecule has 90 valence electrons. The van der Waals surface area contributed by atoms with E-state index >= 15 is 0 Å². The Balaban J connectivity index is 2.03. The maximum absolute atomic E-state index is 12.1. The number of rotatable bonds is 1. The summed E-state index contributed by atoms with van der Waals surface area (Å²) in [7, 11) is 0. The Morgan fingerprint density at radius 3 is 2.65 bits per heavy atom. The zero-order chi connectivity index (χ0) is 11.9. The number of hydrogen-bond acceptors (Lipinski definition) is 2. The largest absolute Gasteiger partial charge is 0.508 e. The van der Waals surface area contributed by atoms with Crippen LogP contribution in [-0.4, -0.2) is 17.6 Å². The van der Waals surface area contributed by atoms with Crippen molar-refractivity contribution in [1.29, 1.82) is 0 Å². The first-order chi connectivity index (χ1) is 8.24. The molecule has 1 heterocycles. The van der Waals surface area contributed by atoms with Crippen molar-refractivity contribution in [3.63, 3.8) is 0 Å². The molecule has 1 amide bonds. The van der Waals surface area contributed by atoms with Crippen LogP contribution in [0.1, 0.15) is 37.2 Å². The molecular formula is C14H17NO2. The summed E-state index contributed by atoms with van der Waals surface area (Å²) in [6.45, 7) is 0.663. The van der Waals surface area contributed by atoms with Crippen LogP contribution in [0.3, 0.4) is 0 Å². The molecule has 1 aromatic carbocycles. The van der Waals surface area contributed by atoms with E-state index in [9.17, 15) is 9.90 Å². The number of hydrogen-bond donors (Lipinski definition) is 2. The molecule has 0 radical (unpaired) electrons. The number of carbonyl (C=O) groups is 1. The number of phenols is 1. The number of nitrogens with one attached hydrogen (secondary N) is 1. The first kappa shape index (κ1) is 10.6. The van der Waals surface area contributed by atoms with Crippen molar-refractivity contribution in [3.8, 4) is 5.75 Å². The fourth-order valence-electron chi connectivity index (χ4n) is 3.50. The van der Waals surface area contributed by atoms with Gasteiger partial charge in [-0.25, -0.2) is 0 Å². The highest BCUT2D eigenvalue weighted by Gasteiger charge is 2.52. The number of para-hydroxylation sites is 1. The van der Waals surface area contributed by atoms with Gasteiger partial charge in [-0.1, -0.05) is 31.0 Å². The summed E-state index contributed by atoms with van der Waals surface area (Å²) in [6.07, 6.45) is 4.16. The van der Waals surface area contributed by atoms with Gasteiger partial charge >= 0.3 is 0 Å². The van der Waals surface area contributed by atoms with Gasteiger partial charge in [0.05, 0.1) is 5.41 Å². The van der Waals surface area contributed by atoms with Crippen LogP contribution in [0.15, 0.2) is 24.3 Å². The quantitative estimate of drug-likeness (QED) is 0.778. The average Bonchev–Trinajstić information content (AvgIpc) is 2.92. The van der Waals surface area contributed by atoms with Crippen molar-refractivity contribution in [1.82, 2.24) is 5.32 Å². The maximum Gasteiger partial charge on any atom is 0.226 e. The molecule has 1 saturated heterocycles. The van der Waals surface area contributed by atoms with Crippen LogP contribution in [0.2, 0.25) is 0 Å². The lowest BCUT2D eigenvalue weighted by molar-refractivity contribution is -0.127. The zero-order valence-electron chi connectivity index (χ0n) is 9.78. The molecule has 2 fully saturated rings. The third kappa shape index (κ3) is 1.45. The molecule has 3 nitrogen and oxygen atoms in total. The Bertz CT molecular complexity index is 449. The van der Waals surface area contributed by atoms with E-state index in [2.05, 4.69) is 5.32 Å². The molecule has 1 saturated carbocycles. The molecule has 1 spiro atoms. The van der Waals surface area contributed by atoms with Gasteiger partial charge in [-0.2, -0.15) is 0 Å². The Morgan fingerprint density at radius 2 is 1.94 bits per heavy atom. The van der Waals surface area contributed by atoms with Crippen LogP contribution in [0, 0.1) is 5.41 Å². The average molecular weight is 231 g/mol. The molecule has 17 heavy (non-hydrogen) atoms. The van der Waals surface area contributed by atoms with E-state index in [0.29, 0.717) is 12.3 Å². The van der Waals surface area contributed by atoms with Crippen molar-refractivity contribution >= 4 is 5.91 Å². The second-order valence-electron chi connectivity index (χ2n) is 5.18. The van der Waals surface area contributed by atoms with Crippen LogP contribution in [0.25, 0.3) is 0 Å². The SMILES string of the molecule is O=C1NCC(c2ccccc2O)C12CCCC2. The summed E-state index contributed by atoms with van der Waals surface area (Å²) < 4.78 is 0. The highest BCUT2D eigenvalue weighted by atomic mass is 16.3. The summed E-state index contributed by atoms with van der Waals surface area (Å²) in [6, 6.07) is 7.41. The first-order valence-corrected chi connectivity index (χ1v) is 6.30. The highest BCUT2D eigenvalue weighted by molar-refractivity contribution is 5.87. The van der Waals surface area contributed by atoms with Gasteiger partial charge in [0.15, 0.2) is 0 Å². The van der Waals surface area contributed by atoms with Gasteiger partial charge < -0.3 is 10.4 Å². The summed E-state index contributed by atoms with van der Waals surface area (Å²) in [4.78, 5) is 12.1. The molecule has 0 aromatic heterocycles. The molecule has 3 heteroatoms. The summed E-state index contributed by atoms with van der Waals surface area (Å²) in [5.74, 6) is 0.641. The highest BCUT2D eigenvalue weighted by Crippen LogP contribution is 2.52. The maximum atomic E-state index is 12.1. The lowest BCUT2D eigenvalue weighted by Gasteiger charge is -2.28. The van der Waals surface area contributed by atoms with Gasteiger partial charge in [-0.15, -0.1) is 0 Å². The Kier molecular flexibility index (Phi) is 2.35. The molecule has 2 N–H and O–H groups in total. The number of carbonyl (C=O) groups excluding carboxylic acids is 1. The predicted octanol–water partition coefficient (Wildman–Crippen LogP) is 2.17. The molecule has 1 aliphatic carbocycles. The van der Waals surface area contributed by atoms with Gasteiger partial charge in [0.2, 0.25) is 5.91 Å². The minimum absolute atomic E-state index is 0.138. The smallest absolute Gasteiger partial charge is 0.226 e. The molecule has 0 bridgehead atoms. The van der Waals surface area contributed by atoms with E-state index in [1.165, 1.54) is 0 Å². The third-order valence-electron chi connectivity index (χ3n) is 4.39. The van der Waals surface area contributed by atoms with E-state index in [4.69, 9.17) is 0 Å². The lowest BCUT2D eigenvalue weighted by Crippen LogP contribution is -2.31. The van der Waals surface area contributed by atoms with Crippen molar-refractivity contribution in [2.75, 3.05) is 6.54 Å². The molecule has 3 rings (SSSR count). The van der Waals surface area contributed by atoms with E-state index in [0.717, 1.165) is 31.2 Å². The topological polar surface area (TPSA) is 49.3 Å². The van der Waals surface area contributed by atoms with Crippen LogP contribution >= 0.6 is 0 Å². The third-order valence-corrected chi connectivity index (χ3v) is 4.39. The number of benzene rings is 1. The molecular weight excluding hydrogens is 214 g/mol. The fraction of sp³-hybridized carbons (Fsp3) is 0.500. The monoisotopic (exact) mass is 231 g/mol. The normalized spacial score (nSPS) is 26.4. The zero-order valence-corrected chi connectivity index (χ0v) is 9.78. The minimum atomic E-state index is -0.251. The Morgan fingerprint density at radius 1 is 1.24 bits per heavy atom. The van der Waals surface area contributed by atoms with Gasteiger partial charge in [-0.05, 0) is 24.5 Å². The van der Waals surface area contributed by atoms with Crippen molar-refractivity contribution in [3.05, 3.63) is 29.8 Å². The predicted molar refractivity (Wildman–Crippen MR) is 64.8 cm³/mol. The Labute approximate surface area is 101 Å². The molecule has 1 aliphatic heterocycles. The van der Waals surface area contributed by atoms with Crippen LogP contribution in [0.5, 0.6) is 5.75 Å². The van der Waals surface area contributed by atoms with E-state index in [1.54, 1.807) is 6.07 Å². The molecule has 1 unspecified atom stereocenters. The van der Waals surface area contributed by atoms with E-state index < -0.39 is 0 Å². The fourth-order valence-corrected chi connectivity index (χ4v) is 3.50. The number of amides is 1. The minimum Gasteiger partial charge on any atom is -0.508 e. The molecule has 1 aromatic rings. The van der Waals surface area contributed by atoms with Gasteiger partial charge in [0.1, 0.15) is 5.75 Å².